The summed E-state index contributed by atoms with van der Waals surface area (Å²) < 4.78 is 0. The van der Waals surface area contributed by atoms with E-state index >= 15 is 0 Å². The Bertz CT molecular complexity index is 250. The molecule has 2 aliphatic rings. The van der Waals surface area contributed by atoms with Gasteiger partial charge in [0.15, 0.2) is 0 Å². The molecule has 0 saturated carbocycles. The maximum Gasteiger partial charge on any atom is 0.268 e. The lowest BCUT2D eigenvalue weighted by Gasteiger charge is -2.13. The highest BCUT2D eigenvalue weighted by Gasteiger charge is 2.30. The van der Waals surface area contributed by atoms with Crippen LogP contribution in [0.25, 0.3) is 0 Å². The van der Waals surface area contributed by atoms with Gasteiger partial charge in [0.05, 0.1) is 6.04 Å². The molecule has 2 amide bonds. The van der Waals surface area contributed by atoms with Crippen molar-refractivity contribution in [3.05, 3.63) is 0 Å². The first-order chi connectivity index (χ1) is 6.77. The second-order valence-corrected chi connectivity index (χ2v) is 3.49. The van der Waals surface area contributed by atoms with E-state index in [1.165, 1.54) is 0 Å². The molecular weight excluding hydrogens is 186 g/mol. The Labute approximate surface area is 81.3 Å². The smallest absolute Gasteiger partial charge is 0.268 e. The number of rotatable bonds is 2. The summed E-state index contributed by atoms with van der Waals surface area (Å²) in [6, 6.07) is -0.687. The summed E-state index contributed by atoms with van der Waals surface area (Å²) in [6.45, 7) is 1.07. The molecular formula is C8H13N3O3. The van der Waals surface area contributed by atoms with Gasteiger partial charge in [-0.2, -0.15) is 0 Å². The van der Waals surface area contributed by atoms with Gasteiger partial charge in [0.1, 0.15) is 12.6 Å². The maximum atomic E-state index is 11.5. The Morgan fingerprint density at radius 1 is 1.57 bits per heavy atom. The SMILES string of the molecule is O=C(N[C@@H]1CONC1=O)C1CCCN1. The summed E-state index contributed by atoms with van der Waals surface area (Å²) in [5.41, 5.74) is 2.19. The molecule has 0 aromatic carbocycles. The van der Waals surface area contributed by atoms with Gasteiger partial charge >= 0.3 is 0 Å². The molecule has 14 heavy (non-hydrogen) atoms. The van der Waals surface area contributed by atoms with E-state index in [1.807, 2.05) is 0 Å². The molecule has 2 fully saturated rings. The molecule has 0 aliphatic carbocycles. The van der Waals surface area contributed by atoms with E-state index in [0.29, 0.717) is 0 Å². The van der Waals surface area contributed by atoms with E-state index in [1.54, 1.807) is 0 Å². The summed E-state index contributed by atoms with van der Waals surface area (Å²) in [7, 11) is 0. The number of nitrogens with one attached hydrogen (secondary N) is 3. The molecule has 0 aromatic rings. The number of hydroxylamine groups is 1. The fourth-order valence-electron chi connectivity index (χ4n) is 1.63. The zero-order valence-corrected chi connectivity index (χ0v) is 7.71. The Kier molecular flexibility index (Phi) is 2.64. The summed E-state index contributed by atoms with van der Waals surface area (Å²) in [6.07, 6.45) is 1.84. The minimum absolute atomic E-state index is 0.117. The van der Waals surface area contributed by atoms with Crippen molar-refractivity contribution in [2.45, 2.75) is 24.9 Å². The molecule has 6 nitrogen and oxygen atoms in total. The van der Waals surface area contributed by atoms with Gasteiger partial charge in [0, 0.05) is 0 Å². The second kappa shape index (κ2) is 3.93. The van der Waals surface area contributed by atoms with Gasteiger partial charge in [-0.15, -0.1) is 0 Å². The van der Waals surface area contributed by atoms with Crippen LogP contribution in [0.15, 0.2) is 0 Å². The zero-order chi connectivity index (χ0) is 9.97. The minimum Gasteiger partial charge on any atom is -0.341 e. The molecule has 1 unspecified atom stereocenters. The zero-order valence-electron chi connectivity index (χ0n) is 7.71. The van der Waals surface area contributed by atoms with Crippen LogP contribution in [0, 0.1) is 0 Å². The van der Waals surface area contributed by atoms with Crippen LogP contribution >= 0.6 is 0 Å². The highest BCUT2D eigenvalue weighted by Crippen LogP contribution is 2.05. The van der Waals surface area contributed by atoms with Crippen molar-refractivity contribution in [3.8, 4) is 0 Å². The number of amides is 2. The molecule has 78 valence electrons. The molecule has 2 rings (SSSR count). The minimum atomic E-state index is -0.537. The summed E-state index contributed by atoms with van der Waals surface area (Å²) in [4.78, 5) is 27.3. The highest BCUT2D eigenvalue weighted by molar-refractivity contribution is 5.90. The van der Waals surface area contributed by atoms with Crippen LogP contribution in [0.4, 0.5) is 0 Å². The predicted molar refractivity (Wildman–Crippen MR) is 47.1 cm³/mol. The topological polar surface area (TPSA) is 79.5 Å². The lowest BCUT2D eigenvalue weighted by atomic mass is 10.2. The van der Waals surface area contributed by atoms with Gasteiger partial charge in [-0.05, 0) is 19.4 Å². The van der Waals surface area contributed by atoms with E-state index < -0.39 is 6.04 Å². The van der Waals surface area contributed by atoms with Crippen LogP contribution in [-0.4, -0.2) is 37.0 Å². The van der Waals surface area contributed by atoms with Crippen molar-refractivity contribution in [2.24, 2.45) is 0 Å². The van der Waals surface area contributed by atoms with Crippen molar-refractivity contribution in [1.82, 2.24) is 16.1 Å². The van der Waals surface area contributed by atoms with Crippen molar-refractivity contribution in [2.75, 3.05) is 13.2 Å². The van der Waals surface area contributed by atoms with Crippen LogP contribution in [0.1, 0.15) is 12.8 Å². The standard InChI is InChI=1S/C8H13N3O3/c12-7(5-2-1-3-9-5)10-6-4-14-11-8(6)13/h5-6,9H,1-4H2,(H,10,12)(H,11,13)/t5?,6-/m1/s1. The number of carbonyl (C=O) groups is 2. The largest absolute Gasteiger partial charge is 0.341 e. The average molecular weight is 199 g/mol. The van der Waals surface area contributed by atoms with Crippen LogP contribution in [0.2, 0.25) is 0 Å². The Morgan fingerprint density at radius 2 is 2.43 bits per heavy atom. The van der Waals surface area contributed by atoms with E-state index in [2.05, 4.69) is 16.1 Å². The maximum absolute atomic E-state index is 11.5. The number of hydrogen-bond acceptors (Lipinski definition) is 4. The summed E-state index contributed by atoms with van der Waals surface area (Å²) >= 11 is 0. The Morgan fingerprint density at radius 3 is 3.00 bits per heavy atom. The van der Waals surface area contributed by atoms with Gasteiger partial charge in [-0.25, -0.2) is 5.48 Å². The molecule has 0 radical (unpaired) electrons. The number of carbonyl (C=O) groups excluding carboxylic acids is 2. The van der Waals surface area contributed by atoms with Crippen molar-refractivity contribution in [3.63, 3.8) is 0 Å². The summed E-state index contributed by atoms with van der Waals surface area (Å²) in [5.74, 6) is -0.399. The molecule has 2 saturated heterocycles. The Balaban J connectivity index is 1.84. The molecule has 0 aromatic heterocycles. The first kappa shape index (κ1) is 9.42. The van der Waals surface area contributed by atoms with Gasteiger partial charge in [-0.1, -0.05) is 0 Å². The molecule has 3 N–H and O–H groups in total. The average Bonchev–Trinajstić information content (AvgIpc) is 2.77. The second-order valence-electron chi connectivity index (χ2n) is 3.49. The van der Waals surface area contributed by atoms with E-state index in [-0.39, 0.29) is 24.5 Å². The lowest BCUT2D eigenvalue weighted by molar-refractivity contribution is -0.129. The lowest BCUT2D eigenvalue weighted by Crippen LogP contribution is -2.48. The normalized spacial score (nSPS) is 31.6. The van der Waals surface area contributed by atoms with Gasteiger partial charge in [0.25, 0.3) is 5.91 Å². The van der Waals surface area contributed by atoms with Crippen LogP contribution in [0.5, 0.6) is 0 Å². The van der Waals surface area contributed by atoms with Crippen LogP contribution in [-0.2, 0) is 14.4 Å². The molecule has 2 aliphatic heterocycles. The van der Waals surface area contributed by atoms with Crippen molar-refractivity contribution < 1.29 is 14.4 Å². The predicted octanol–water partition coefficient (Wildman–Crippen LogP) is -1.72. The van der Waals surface area contributed by atoms with Gasteiger partial charge < -0.3 is 10.6 Å². The molecule has 2 atom stereocenters. The van der Waals surface area contributed by atoms with E-state index in [0.717, 1.165) is 19.4 Å². The number of hydrogen-bond donors (Lipinski definition) is 3. The van der Waals surface area contributed by atoms with E-state index in [9.17, 15) is 9.59 Å². The van der Waals surface area contributed by atoms with Crippen molar-refractivity contribution in [1.29, 1.82) is 0 Å². The third-order valence-corrected chi connectivity index (χ3v) is 2.43. The van der Waals surface area contributed by atoms with Crippen LogP contribution in [0.3, 0.4) is 0 Å². The monoisotopic (exact) mass is 199 g/mol. The van der Waals surface area contributed by atoms with Gasteiger partial charge in [0.2, 0.25) is 5.91 Å². The third kappa shape index (κ3) is 1.85. The van der Waals surface area contributed by atoms with Crippen molar-refractivity contribution >= 4 is 11.8 Å². The quantitative estimate of drug-likeness (QED) is 0.494. The summed E-state index contributed by atoms with van der Waals surface area (Å²) in [5, 5.41) is 5.69. The van der Waals surface area contributed by atoms with Crippen LogP contribution < -0.4 is 16.1 Å². The first-order valence-electron chi connectivity index (χ1n) is 4.73. The Hall–Kier alpha value is -1.14. The van der Waals surface area contributed by atoms with Gasteiger partial charge in [-0.3, -0.25) is 14.4 Å². The third-order valence-electron chi connectivity index (χ3n) is 2.43. The molecule has 2 heterocycles. The molecule has 0 spiro atoms. The molecule has 6 heteroatoms. The highest BCUT2D eigenvalue weighted by atomic mass is 16.7. The first-order valence-corrected chi connectivity index (χ1v) is 4.73. The fraction of sp³-hybridized carbons (Fsp3) is 0.750. The molecule has 0 bridgehead atoms. The van der Waals surface area contributed by atoms with E-state index in [4.69, 9.17) is 4.84 Å². The fourth-order valence-corrected chi connectivity index (χ4v) is 1.63.